The Kier molecular flexibility index (Phi) is 10.8. The van der Waals surface area contributed by atoms with E-state index in [0.29, 0.717) is 50.8 Å². The summed E-state index contributed by atoms with van der Waals surface area (Å²) in [6, 6.07) is 12.4. The monoisotopic (exact) mass is 567 g/mol. The van der Waals surface area contributed by atoms with Crippen LogP contribution in [-0.4, -0.2) is 106 Å². The SMILES string of the molecule is CCCNC(=O)N(CCN1CCOCC1)CC(=O)N1N=C(c2ccc(OC)cc2)CC1c1cc(OC)ccc1OC. The first-order valence-corrected chi connectivity index (χ1v) is 14.1. The van der Waals surface area contributed by atoms with Crippen molar-refractivity contribution in [2.75, 3.05) is 73.8 Å². The van der Waals surface area contributed by atoms with Gasteiger partial charge in [0.05, 0.1) is 46.3 Å². The maximum Gasteiger partial charge on any atom is 0.317 e. The quantitative estimate of drug-likeness (QED) is 0.420. The summed E-state index contributed by atoms with van der Waals surface area (Å²) in [7, 11) is 4.82. The molecule has 0 aliphatic carbocycles. The van der Waals surface area contributed by atoms with Gasteiger partial charge < -0.3 is 29.2 Å². The normalized spacial score (nSPS) is 17.1. The average molecular weight is 568 g/mol. The molecule has 1 fully saturated rings. The second-order valence-electron chi connectivity index (χ2n) is 9.95. The van der Waals surface area contributed by atoms with Gasteiger partial charge in [-0.1, -0.05) is 6.92 Å². The molecule has 0 spiro atoms. The minimum absolute atomic E-state index is 0.109. The number of amides is 3. The zero-order valence-electron chi connectivity index (χ0n) is 24.4. The van der Waals surface area contributed by atoms with Crippen molar-refractivity contribution in [3.63, 3.8) is 0 Å². The molecule has 2 aromatic rings. The number of benzene rings is 2. The van der Waals surface area contributed by atoms with Gasteiger partial charge in [0.15, 0.2) is 0 Å². The van der Waals surface area contributed by atoms with E-state index in [2.05, 4.69) is 10.2 Å². The van der Waals surface area contributed by atoms with Gasteiger partial charge in [-0.3, -0.25) is 9.69 Å². The zero-order chi connectivity index (χ0) is 29.2. The van der Waals surface area contributed by atoms with Crippen LogP contribution in [0.3, 0.4) is 0 Å². The van der Waals surface area contributed by atoms with Crippen LogP contribution in [0.15, 0.2) is 47.6 Å². The van der Waals surface area contributed by atoms with Crippen LogP contribution in [0.5, 0.6) is 17.2 Å². The summed E-state index contributed by atoms with van der Waals surface area (Å²) >= 11 is 0. The van der Waals surface area contributed by atoms with Gasteiger partial charge in [0.25, 0.3) is 5.91 Å². The fourth-order valence-corrected chi connectivity index (χ4v) is 4.96. The van der Waals surface area contributed by atoms with Crippen molar-refractivity contribution in [2.24, 2.45) is 5.10 Å². The molecule has 41 heavy (non-hydrogen) atoms. The van der Waals surface area contributed by atoms with E-state index >= 15 is 0 Å². The molecular weight excluding hydrogens is 526 g/mol. The third kappa shape index (κ3) is 7.68. The van der Waals surface area contributed by atoms with Gasteiger partial charge in [-0.05, 0) is 54.4 Å². The van der Waals surface area contributed by atoms with Crippen LogP contribution in [0.25, 0.3) is 0 Å². The highest BCUT2D eigenvalue weighted by molar-refractivity contribution is 6.03. The van der Waals surface area contributed by atoms with E-state index in [4.69, 9.17) is 24.0 Å². The van der Waals surface area contributed by atoms with E-state index in [9.17, 15) is 9.59 Å². The molecule has 0 saturated carbocycles. The standard InChI is InChI=1S/C30H41N5O6/c1-5-12-31-30(37)34(14-13-33-15-17-41-18-16-33)21-29(36)35-27(25-19-24(39-3)10-11-28(25)40-4)20-26(32-35)22-6-8-23(38-2)9-7-22/h6-11,19,27H,5,12-18,20-21H2,1-4H3,(H,31,37). The van der Waals surface area contributed by atoms with Crippen molar-refractivity contribution < 1.29 is 28.5 Å². The smallest absolute Gasteiger partial charge is 0.317 e. The predicted octanol–water partition coefficient (Wildman–Crippen LogP) is 3.14. The van der Waals surface area contributed by atoms with Gasteiger partial charge in [-0.15, -0.1) is 0 Å². The molecule has 2 aliphatic heterocycles. The number of nitrogens with zero attached hydrogens (tertiary/aromatic N) is 4. The average Bonchev–Trinajstić information content (AvgIpc) is 3.47. The van der Waals surface area contributed by atoms with Gasteiger partial charge in [0, 0.05) is 44.7 Å². The van der Waals surface area contributed by atoms with Crippen molar-refractivity contribution >= 4 is 17.6 Å². The van der Waals surface area contributed by atoms with Gasteiger partial charge in [0.2, 0.25) is 0 Å². The molecule has 1 saturated heterocycles. The molecule has 222 valence electrons. The van der Waals surface area contributed by atoms with Crippen LogP contribution in [-0.2, 0) is 9.53 Å². The molecule has 1 unspecified atom stereocenters. The lowest BCUT2D eigenvalue weighted by molar-refractivity contribution is -0.133. The largest absolute Gasteiger partial charge is 0.497 e. The van der Waals surface area contributed by atoms with E-state index < -0.39 is 6.04 Å². The number of nitrogens with one attached hydrogen (secondary N) is 1. The summed E-state index contributed by atoms with van der Waals surface area (Å²) in [6.07, 6.45) is 1.27. The summed E-state index contributed by atoms with van der Waals surface area (Å²) in [5, 5.41) is 9.22. The summed E-state index contributed by atoms with van der Waals surface area (Å²) in [5.41, 5.74) is 2.42. The Morgan fingerprint density at radius 2 is 1.73 bits per heavy atom. The highest BCUT2D eigenvalue weighted by Crippen LogP contribution is 2.39. The molecule has 11 heteroatoms. The third-order valence-corrected chi connectivity index (χ3v) is 7.31. The second-order valence-corrected chi connectivity index (χ2v) is 9.95. The number of hydrazone groups is 1. The maximum absolute atomic E-state index is 14.0. The fourth-order valence-electron chi connectivity index (χ4n) is 4.96. The van der Waals surface area contributed by atoms with Crippen molar-refractivity contribution in [2.45, 2.75) is 25.8 Å². The number of methoxy groups -OCH3 is 3. The second kappa shape index (κ2) is 14.7. The summed E-state index contributed by atoms with van der Waals surface area (Å²) in [4.78, 5) is 30.9. The lowest BCUT2D eigenvalue weighted by Gasteiger charge is -2.31. The summed E-state index contributed by atoms with van der Waals surface area (Å²) in [6.45, 7) is 6.44. The number of urea groups is 1. The number of hydrogen-bond acceptors (Lipinski definition) is 8. The Balaban J connectivity index is 1.62. The Labute approximate surface area is 242 Å². The molecule has 2 heterocycles. The fraction of sp³-hybridized carbons (Fsp3) is 0.500. The summed E-state index contributed by atoms with van der Waals surface area (Å²) in [5.74, 6) is 1.74. The number of morpholine rings is 1. The van der Waals surface area contributed by atoms with Crippen LogP contribution in [0.4, 0.5) is 4.79 Å². The van der Waals surface area contributed by atoms with Gasteiger partial charge in [-0.2, -0.15) is 5.10 Å². The molecule has 0 radical (unpaired) electrons. The topological polar surface area (TPSA) is 105 Å². The highest BCUT2D eigenvalue weighted by Gasteiger charge is 2.36. The van der Waals surface area contributed by atoms with Crippen LogP contribution in [0.2, 0.25) is 0 Å². The Bertz CT molecular complexity index is 1200. The van der Waals surface area contributed by atoms with Crippen molar-refractivity contribution in [3.8, 4) is 17.2 Å². The van der Waals surface area contributed by atoms with Gasteiger partial charge in [-0.25, -0.2) is 9.80 Å². The molecule has 3 amide bonds. The van der Waals surface area contributed by atoms with E-state index in [1.165, 1.54) is 5.01 Å². The first kappa shape index (κ1) is 30.1. The minimum Gasteiger partial charge on any atom is -0.497 e. The number of carbonyl (C=O) groups is 2. The lowest BCUT2D eigenvalue weighted by atomic mass is 9.97. The van der Waals surface area contributed by atoms with Crippen molar-refractivity contribution in [3.05, 3.63) is 53.6 Å². The Hall–Kier alpha value is -3.83. The number of hydrogen-bond donors (Lipinski definition) is 1. The molecule has 4 rings (SSSR count). The molecule has 2 aliphatic rings. The molecule has 2 aromatic carbocycles. The molecular formula is C30H41N5O6. The molecule has 1 N–H and O–H groups in total. The first-order chi connectivity index (χ1) is 20.0. The molecule has 11 nitrogen and oxygen atoms in total. The van der Waals surface area contributed by atoms with Gasteiger partial charge >= 0.3 is 6.03 Å². The summed E-state index contributed by atoms with van der Waals surface area (Å²) < 4.78 is 21.9. The minimum atomic E-state index is -0.440. The predicted molar refractivity (Wildman–Crippen MR) is 156 cm³/mol. The molecule has 0 aromatic heterocycles. The van der Waals surface area contributed by atoms with E-state index in [-0.39, 0.29) is 18.5 Å². The van der Waals surface area contributed by atoms with Crippen LogP contribution in [0.1, 0.15) is 36.9 Å². The number of rotatable bonds is 12. The van der Waals surface area contributed by atoms with E-state index in [1.54, 1.807) is 26.2 Å². The van der Waals surface area contributed by atoms with Gasteiger partial charge in [0.1, 0.15) is 23.8 Å². The van der Waals surface area contributed by atoms with E-state index in [1.807, 2.05) is 49.4 Å². The molecule has 1 atom stereocenters. The van der Waals surface area contributed by atoms with Crippen molar-refractivity contribution in [1.82, 2.24) is 20.1 Å². The highest BCUT2D eigenvalue weighted by atomic mass is 16.5. The van der Waals surface area contributed by atoms with E-state index in [0.717, 1.165) is 42.1 Å². The van der Waals surface area contributed by atoms with Crippen LogP contribution >= 0.6 is 0 Å². The maximum atomic E-state index is 14.0. The Morgan fingerprint density at radius 1 is 1.02 bits per heavy atom. The lowest BCUT2D eigenvalue weighted by Crippen LogP contribution is -2.49. The first-order valence-electron chi connectivity index (χ1n) is 14.1. The number of ether oxygens (including phenoxy) is 4. The molecule has 0 bridgehead atoms. The van der Waals surface area contributed by atoms with Crippen molar-refractivity contribution in [1.29, 1.82) is 0 Å². The van der Waals surface area contributed by atoms with Crippen LogP contribution < -0.4 is 19.5 Å². The number of carbonyl (C=O) groups excluding carboxylic acids is 2. The zero-order valence-corrected chi connectivity index (χ0v) is 24.4. The van der Waals surface area contributed by atoms with Crippen LogP contribution in [0, 0.1) is 0 Å². The Morgan fingerprint density at radius 3 is 2.39 bits per heavy atom. The third-order valence-electron chi connectivity index (χ3n) is 7.31.